The summed E-state index contributed by atoms with van der Waals surface area (Å²) in [5.74, 6) is 2.76. The average Bonchev–Trinajstić information content (AvgIpc) is 2.69. The molecular formula is C22H40N2O4. The molecule has 0 radical (unpaired) electrons. The number of amides is 2. The third-order valence-corrected chi connectivity index (χ3v) is 4.44. The molecule has 162 valence electrons. The second kappa shape index (κ2) is 18.8. The third kappa shape index (κ3) is 13.6. The van der Waals surface area contributed by atoms with Gasteiger partial charge in [0.05, 0.1) is 12.6 Å². The van der Waals surface area contributed by atoms with Crippen LogP contribution in [0.4, 0.5) is 0 Å². The first-order valence-corrected chi connectivity index (χ1v) is 10.8. The maximum Gasteiger partial charge on any atom is 0.222 e. The molecule has 0 saturated carbocycles. The minimum Gasteiger partial charge on any atom is -0.356 e. The SMILES string of the molecule is C#CCCCC(=O)NCCCCCC(=O)N(CCC)C(CC)COOCCC. The molecule has 0 rings (SSSR count). The molecule has 0 aromatic carbocycles. The molecule has 0 spiro atoms. The summed E-state index contributed by atoms with van der Waals surface area (Å²) in [6.45, 7) is 8.54. The van der Waals surface area contributed by atoms with Gasteiger partial charge in [-0.1, -0.05) is 27.2 Å². The average molecular weight is 397 g/mol. The van der Waals surface area contributed by atoms with Crippen molar-refractivity contribution >= 4 is 11.8 Å². The van der Waals surface area contributed by atoms with E-state index in [9.17, 15) is 9.59 Å². The van der Waals surface area contributed by atoms with Gasteiger partial charge in [-0.2, -0.15) is 0 Å². The maximum atomic E-state index is 12.7. The van der Waals surface area contributed by atoms with E-state index in [-0.39, 0.29) is 17.9 Å². The second-order valence-corrected chi connectivity index (χ2v) is 6.97. The molecule has 6 nitrogen and oxygen atoms in total. The molecule has 1 unspecified atom stereocenters. The molecule has 0 aromatic heterocycles. The summed E-state index contributed by atoms with van der Waals surface area (Å²) in [4.78, 5) is 36.6. The number of unbranched alkanes of at least 4 members (excludes halogenated alkanes) is 3. The van der Waals surface area contributed by atoms with E-state index < -0.39 is 0 Å². The lowest BCUT2D eigenvalue weighted by Crippen LogP contribution is -2.43. The van der Waals surface area contributed by atoms with Crippen LogP contribution in [0, 0.1) is 12.3 Å². The van der Waals surface area contributed by atoms with E-state index in [0.29, 0.717) is 39.0 Å². The van der Waals surface area contributed by atoms with Crippen LogP contribution in [0.1, 0.15) is 85.0 Å². The molecule has 2 amide bonds. The lowest BCUT2D eigenvalue weighted by Gasteiger charge is -2.30. The normalized spacial score (nSPS) is 11.6. The summed E-state index contributed by atoms with van der Waals surface area (Å²) < 4.78 is 0. The fourth-order valence-electron chi connectivity index (χ4n) is 2.84. The van der Waals surface area contributed by atoms with Crippen LogP contribution in [0.5, 0.6) is 0 Å². The highest BCUT2D eigenvalue weighted by atomic mass is 17.2. The van der Waals surface area contributed by atoms with Crippen molar-refractivity contribution in [2.45, 2.75) is 91.0 Å². The Labute approximate surface area is 171 Å². The Morgan fingerprint density at radius 2 is 1.82 bits per heavy atom. The van der Waals surface area contributed by atoms with Crippen molar-refractivity contribution in [3.63, 3.8) is 0 Å². The molecule has 1 N–H and O–H groups in total. The van der Waals surface area contributed by atoms with Gasteiger partial charge in [-0.3, -0.25) is 9.59 Å². The molecule has 0 saturated heterocycles. The molecule has 0 aliphatic rings. The molecule has 0 aromatic rings. The van der Waals surface area contributed by atoms with Crippen molar-refractivity contribution in [1.82, 2.24) is 10.2 Å². The van der Waals surface area contributed by atoms with Gasteiger partial charge in [0, 0.05) is 32.4 Å². The number of terminal acetylenes is 1. The van der Waals surface area contributed by atoms with E-state index in [0.717, 1.165) is 51.5 Å². The maximum absolute atomic E-state index is 12.7. The highest BCUT2D eigenvalue weighted by Crippen LogP contribution is 2.11. The molecule has 0 bridgehead atoms. The monoisotopic (exact) mass is 396 g/mol. The van der Waals surface area contributed by atoms with Gasteiger partial charge < -0.3 is 10.2 Å². The standard InChI is InChI=1S/C22H40N2O4/c1-5-9-11-14-21(25)23-16-13-10-12-15-22(26)24(17-6-2)20(8-4)19-28-27-18-7-3/h1,20H,6-19H2,2-4H3,(H,23,25). The van der Waals surface area contributed by atoms with Gasteiger partial charge in [-0.25, -0.2) is 9.78 Å². The van der Waals surface area contributed by atoms with E-state index >= 15 is 0 Å². The number of nitrogens with zero attached hydrogens (tertiary/aromatic N) is 1. The molecule has 6 heteroatoms. The van der Waals surface area contributed by atoms with Gasteiger partial charge in [-0.05, 0) is 38.5 Å². The molecule has 0 heterocycles. The van der Waals surface area contributed by atoms with Crippen molar-refractivity contribution in [3.8, 4) is 12.3 Å². The Bertz CT molecular complexity index is 448. The summed E-state index contributed by atoms with van der Waals surface area (Å²) >= 11 is 0. The van der Waals surface area contributed by atoms with Gasteiger partial charge in [-0.15, -0.1) is 12.3 Å². The lowest BCUT2D eigenvalue weighted by molar-refractivity contribution is -0.300. The molecular weight excluding hydrogens is 356 g/mol. The topological polar surface area (TPSA) is 67.9 Å². The van der Waals surface area contributed by atoms with Crippen LogP contribution >= 0.6 is 0 Å². The van der Waals surface area contributed by atoms with Gasteiger partial charge in [0.25, 0.3) is 0 Å². The zero-order chi connectivity index (χ0) is 21.0. The van der Waals surface area contributed by atoms with Crippen LogP contribution in [0.25, 0.3) is 0 Å². The molecule has 0 aliphatic heterocycles. The highest BCUT2D eigenvalue weighted by Gasteiger charge is 2.21. The van der Waals surface area contributed by atoms with Crippen LogP contribution in [-0.4, -0.2) is 49.1 Å². The highest BCUT2D eigenvalue weighted by molar-refractivity contribution is 5.76. The Kier molecular flexibility index (Phi) is 17.7. The van der Waals surface area contributed by atoms with E-state index in [2.05, 4.69) is 25.1 Å². The number of rotatable bonds is 18. The minimum atomic E-state index is 0.0478. The lowest BCUT2D eigenvalue weighted by atomic mass is 10.1. The Balaban J connectivity index is 4.08. The van der Waals surface area contributed by atoms with Gasteiger partial charge in [0.15, 0.2) is 0 Å². The quantitative estimate of drug-likeness (QED) is 0.165. The Morgan fingerprint density at radius 3 is 2.46 bits per heavy atom. The van der Waals surface area contributed by atoms with E-state index in [1.807, 2.05) is 11.8 Å². The smallest absolute Gasteiger partial charge is 0.222 e. The van der Waals surface area contributed by atoms with Crippen LogP contribution < -0.4 is 5.32 Å². The largest absolute Gasteiger partial charge is 0.356 e. The van der Waals surface area contributed by atoms with Crippen LogP contribution in [-0.2, 0) is 19.4 Å². The zero-order valence-electron chi connectivity index (χ0n) is 18.1. The molecule has 0 fully saturated rings. The zero-order valence-corrected chi connectivity index (χ0v) is 18.1. The predicted octanol–water partition coefficient (Wildman–Crippen LogP) is 3.84. The summed E-state index contributed by atoms with van der Waals surface area (Å²) in [6.07, 6.45) is 12.8. The Hall–Kier alpha value is -1.58. The van der Waals surface area contributed by atoms with Crippen LogP contribution in [0.15, 0.2) is 0 Å². The van der Waals surface area contributed by atoms with E-state index in [1.165, 1.54) is 0 Å². The number of carbonyl (C=O) groups excluding carboxylic acids is 2. The van der Waals surface area contributed by atoms with Crippen molar-refractivity contribution in [3.05, 3.63) is 0 Å². The number of hydrogen-bond acceptors (Lipinski definition) is 4. The van der Waals surface area contributed by atoms with Gasteiger partial charge in [0.2, 0.25) is 11.8 Å². The number of carbonyl (C=O) groups is 2. The van der Waals surface area contributed by atoms with Crippen LogP contribution in [0.3, 0.4) is 0 Å². The summed E-state index contributed by atoms with van der Waals surface area (Å²) in [6, 6.07) is 0.0478. The third-order valence-electron chi connectivity index (χ3n) is 4.44. The fraction of sp³-hybridized carbons (Fsp3) is 0.818. The molecule has 0 aliphatic carbocycles. The van der Waals surface area contributed by atoms with Crippen molar-refractivity contribution in [2.75, 3.05) is 26.3 Å². The van der Waals surface area contributed by atoms with Crippen LogP contribution in [0.2, 0.25) is 0 Å². The first kappa shape index (κ1) is 26.4. The number of hydrogen-bond donors (Lipinski definition) is 1. The summed E-state index contributed by atoms with van der Waals surface area (Å²) in [7, 11) is 0. The molecule has 28 heavy (non-hydrogen) atoms. The van der Waals surface area contributed by atoms with Crippen molar-refractivity contribution in [2.24, 2.45) is 0 Å². The second-order valence-electron chi connectivity index (χ2n) is 6.97. The van der Waals surface area contributed by atoms with Crippen molar-refractivity contribution in [1.29, 1.82) is 0 Å². The number of nitrogens with one attached hydrogen (secondary N) is 1. The summed E-state index contributed by atoms with van der Waals surface area (Å²) in [5.41, 5.74) is 0. The summed E-state index contributed by atoms with van der Waals surface area (Å²) in [5, 5.41) is 2.90. The minimum absolute atomic E-state index is 0.0478. The first-order valence-electron chi connectivity index (χ1n) is 10.8. The van der Waals surface area contributed by atoms with E-state index in [1.54, 1.807) is 0 Å². The van der Waals surface area contributed by atoms with E-state index in [4.69, 9.17) is 16.2 Å². The Morgan fingerprint density at radius 1 is 1.04 bits per heavy atom. The fourth-order valence-corrected chi connectivity index (χ4v) is 2.84. The predicted molar refractivity (Wildman–Crippen MR) is 112 cm³/mol. The van der Waals surface area contributed by atoms with Gasteiger partial charge >= 0.3 is 0 Å². The molecule has 1 atom stereocenters. The van der Waals surface area contributed by atoms with Crippen molar-refractivity contribution < 1.29 is 19.4 Å². The first-order chi connectivity index (χ1) is 13.6. The van der Waals surface area contributed by atoms with Gasteiger partial charge in [0.1, 0.15) is 6.61 Å².